The summed E-state index contributed by atoms with van der Waals surface area (Å²) < 4.78 is 31.6. The van der Waals surface area contributed by atoms with E-state index in [9.17, 15) is 13.2 Å². The molecular formula is C12H20ClN3O4S2. The van der Waals surface area contributed by atoms with Crippen molar-refractivity contribution in [2.45, 2.75) is 42.5 Å². The van der Waals surface area contributed by atoms with Crippen molar-refractivity contribution >= 4 is 39.7 Å². The van der Waals surface area contributed by atoms with E-state index in [1.165, 1.54) is 16.9 Å². The largest absolute Gasteiger partial charge is 0.464 e. The summed E-state index contributed by atoms with van der Waals surface area (Å²) in [7, 11) is -2.59. The Bertz CT molecular complexity index is 618. The molecule has 1 fully saturated rings. The van der Waals surface area contributed by atoms with Crippen LogP contribution < -0.4 is 5.73 Å². The van der Waals surface area contributed by atoms with E-state index in [4.69, 9.17) is 5.73 Å². The molecule has 1 aromatic rings. The molecule has 2 atom stereocenters. The maximum Gasteiger partial charge on any atom is 0.358 e. The van der Waals surface area contributed by atoms with Crippen LogP contribution in [0, 0.1) is 0 Å². The van der Waals surface area contributed by atoms with Gasteiger partial charge in [-0.05, 0) is 19.8 Å². The highest BCUT2D eigenvalue weighted by atomic mass is 35.5. The normalized spacial score (nSPS) is 21.0. The zero-order chi connectivity index (χ0) is 15.6. The van der Waals surface area contributed by atoms with Crippen molar-refractivity contribution in [2.24, 2.45) is 5.73 Å². The first kappa shape index (κ1) is 19.3. The fraction of sp³-hybridized carbons (Fsp3) is 0.667. The number of aromatic nitrogens is 1. The highest BCUT2D eigenvalue weighted by Crippen LogP contribution is 2.30. The lowest BCUT2D eigenvalue weighted by Gasteiger charge is -2.36. The summed E-state index contributed by atoms with van der Waals surface area (Å²) in [6.45, 7) is 2.21. The lowest BCUT2D eigenvalue weighted by molar-refractivity contribution is 0.0590. The first-order chi connectivity index (χ1) is 9.89. The summed E-state index contributed by atoms with van der Waals surface area (Å²) in [6.07, 6.45) is 2.46. The number of esters is 1. The van der Waals surface area contributed by atoms with Gasteiger partial charge in [-0.1, -0.05) is 6.42 Å². The molecule has 1 aliphatic rings. The first-order valence-electron chi connectivity index (χ1n) is 6.68. The maximum absolute atomic E-state index is 12.8. The fourth-order valence-electron chi connectivity index (χ4n) is 2.51. The number of thiazole rings is 1. The summed E-state index contributed by atoms with van der Waals surface area (Å²) in [5, 5.41) is 0. The molecule has 2 heterocycles. The molecule has 0 radical (unpaired) electrons. The molecule has 10 heteroatoms. The van der Waals surface area contributed by atoms with Crippen LogP contribution in [0.1, 0.15) is 36.7 Å². The van der Waals surface area contributed by atoms with E-state index in [0.29, 0.717) is 6.54 Å². The number of hydrogen-bond acceptors (Lipinski definition) is 7. The Balaban J connectivity index is 0.00000242. The van der Waals surface area contributed by atoms with Gasteiger partial charge in [-0.2, -0.15) is 4.31 Å². The Kier molecular flexibility index (Phi) is 6.75. The first-order valence-corrected chi connectivity index (χ1v) is 9.00. The second-order valence-electron chi connectivity index (χ2n) is 5.02. The molecule has 1 saturated heterocycles. The van der Waals surface area contributed by atoms with Crippen molar-refractivity contribution in [1.82, 2.24) is 9.29 Å². The van der Waals surface area contributed by atoms with Gasteiger partial charge >= 0.3 is 5.97 Å². The number of sulfonamides is 1. The quantitative estimate of drug-likeness (QED) is 0.801. The number of methoxy groups -OCH3 is 1. The van der Waals surface area contributed by atoms with Crippen molar-refractivity contribution in [3.8, 4) is 0 Å². The highest BCUT2D eigenvalue weighted by molar-refractivity contribution is 7.91. The van der Waals surface area contributed by atoms with Crippen LogP contribution in [-0.4, -0.2) is 49.4 Å². The second-order valence-corrected chi connectivity index (χ2v) is 7.96. The van der Waals surface area contributed by atoms with Crippen molar-refractivity contribution in [3.63, 3.8) is 0 Å². The molecule has 0 spiro atoms. The van der Waals surface area contributed by atoms with Gasteiger partial charge in [0.05, 0.1) is 12.6 Å². The predicted molar refractivity (Wildman–Crippen MR) is 85.9 cm³/mol. The van der Waals surface area contributed by atoms with E-state index in [1.54, 1.807) is 6.92 Å². The van der Waals surface area contributed by atoms with Gasteiger partial charge in [0.2, 0.25) is 0 Å². The molecule has 126 valence electrons. The van der Waals surface area contributed by atoms with Crippen LogP contribution in [0.3, 0.4) is 0 Å². The molecule has 7 nitrogen and oxygen atoms in total. The van der Waals surface area contributed by atoms with Gasteiger partial charge in [-0.15, -0.1) is 23.7 Å². The van der Waals surface area contributed by atoms with Gasteiger partial charge in [0.15, 0.2) is 9.90 Å². The van der Waals surface area contributed by atoms with Gasteiger partial charge in [0.25, 0.3) is 10.0 Å². The Morgan fingerprint density at radius 1 is 1.55 bits per heavy atom. The third-order valence-electron chi connectivity index (χ3n) is 3.56. The number of carbonyl (C=O) groups excluding carboxylic acids is 1. The molecule has 1 aliphatic heterocycles. The monoisotopic (exact) mass is 369 g/mol. The molecule has 2 unspecified atom stereocenters. The van der Waals surface area contributed by atoms with Crippen LogP contribution in [0.2, 0.25) is 0 Å². The third kappa shape index (κ3) is 3.60. The molecule has 1 aromatic heterocycles. The number of ether oxygens (including phenoxy) is 1. The van der Waals surface area contributed by atoms with Crippen molar-refractivity contribution < 1.29 is 17.9 Å². The topological polar surface area (TPSA) is 103 Å². The van der Waals surface area contributed by atoms with Gasteiger partial charge in [-0.3, -0.25) is 0 Å². The van der Waals surface area contributed by atoms with Gasteiger partial charge in [-0.25, -0.2) is 18.2 Å². The van der Waals surface area contributed by atoms with Crippen molar-refractivity contribution in [1.29, 1.82) is 0 Å². The Morgan fingerprint density at radius 2 is 2.23 bits per heavy atom. The minimum Gasteiger partial charge on any atom is -0.464 e. The van der Waals surface area contributed by atoms with Crippen LogP contribution >= 0.6 is 23.7 Å². The van der Waals surface area contributed by atoms with E-state index >= 15 is 0 Å². The van der Waals surface area contributed by atoms with Crippen LogP contribution in [0.25, 0.3) is 0 Å². The standard InChI is InChI=1S/C12H19N3O4S2.ClH/c1-8(13)9-5-3-4-6-15(9)21(17,18)12-10(11(16)19-2)14-7-20-12;/h7-9H,3-6,13H2,1-2H3;1H. The van der Waals surface area contributed by atoms with Crippen molar-refractivity contribution in [3.05, 3.63) is 11.2 Å². The van der Waals surface area contributed by atoms with E-state index in [2.05, 4.69) is 9.72 Å². The lowest BCUT2D eigenvalue weighted by Crippen LogP contribution is -2.51. The molecule has 0 amide bonds. The summed E-state index contributed by atoms with van der Waals surface area (Å²) in [4.78, 5) is 15.5. The average Bonchev–Trinajstić information content (AvgIpc) is 2.96. The molecule has 0 bridgehead atoms. The average molecular weight is 370 g/mol. The minimum atomic E-state index is -3.79. The number of nitrogens with two attached hydrogens (primary N) is 1. The molecule has 22 heavy (non-hydrogen) atoms. The number of halogens is 1. The zero-order valence-corrected chi connectivity index (χ0v) is 14.8. The summed E-state index contributed by atoms with van der Waals surface area (Å²) in [5.74, 6) is -0.746. The smallest absolute Gasteiger partial charge is 0.358 e. The zero-order valence-electron chi connectivity index (χ0n) is 12.4. The molecule has 2 N–H and O–H groups in total. The van der Waals surface area contributed by atoms with Crippen molar-refractivity contribution in [2.75, 3.05) is 13.7 Å². The van der Waals surface area contributed by atoms with Crippen LogP contribution in [0.15, 0.2) is 9.72 Å². The number of piperidine rings is 1. The minimum absolute atomic E-state index is 0. The van der Waals surface area contributed by atoms with Gasteiger partial charge in [0, 0.05) is 18.6 Å². The second kappa shape index (κ2) is 7.69. The van der Waals surface area contributed by atoms with E-state index < -0.39 is 16.0 Å². The van der Waals surface area contributed by atoms with Crippen LogP contribution in [0.5, 0.6) is 0 Å². The fourth-order valence-corrected chi connectivity index (χ4v) is 5.53. The SMILES string of the molecule is COC(=O)c1ncsc1S(=O)(=O)N1CCCCC1C(C)N.Cl. The number of carbonyl (C=O) groups is 1. The number of rotatable bonds is 4. The highest BCUT2D eigenvalue weighted by Gasteiger charge is 2.38. The van der Waals surface area contributed by atoms with Crippen LogP contribution in [-0.2, 0) is 14.8 Å². The Labute approximate surface area is 140 Å². The van der Waals surface area contributed by atoms with Crippen LogP contribution in [0.4, 0.5) is 0 Å². The molecule has 0 aliphatic carbocycles. The maximum atomic E-state index is 12.8. The molecule has 0 aromatic carbocycles. The predicted octanol–water partition coefficient (Wildman–Crippen LogP) is 1.24. The van der Waals surface area contributed by atoms with Gasteiger partial charge in [0.1, 0.15) is 0 Å². The van der Waals surface area contributed by atoms with E-state index in [-0.39, 0.29) is 34.4 Å². The Morgan fingerprint density at radius 3 is 2.82 bits per heavy atom. The van der Waals surface area contributed by atoms with E-state index in [0.717, 1.165) is 30.6 Å². The summed E-state index contributed by atoms with van der Waals surface area (Å²) in [5.41, 5.74) is 7.10. The summed E-state index contributed by atoms with van der Waals surface area (Å²) >= 11 is 0.925. The molecular weight excluding hydrogens is 350 g/mol. The summed E-state index contributed by atoms with van der Waals surface area (Å²) in [6, 6.07) is -0.522. The third-order valence-corrected chi connectivity index (χ3v) is 6.83. The molecule has 0 saturated carbocycles. The lowest BCUT2D eigenvalue weighted by atomic mass is 10.00. The van der Waals surface area contributed by atoms with E-state index in [1.807, 2.05) is 0 Å². The Hall–Kier alpha value is -0.740. The number of hydrogen-bond donors (Lipinski definition) is 1. The number of nitrogens with zero attached hydrogens (tertiary/aromatic N) is 2. The van der Waals surface area contributed by atoms with Gasteiger partial charge < -0.3 is 10.5 Å². The molecule has 2 rings (SSSR count).